The minimum absolute atomic E-state index is 0.0347. The molecule has 1 heterocycles. The van der Waals surface area contributed by atoms with E-state index >= 15 is 0 Å². The molecule has 1 aliphatic heterocycles. The van der Waals surface area contributed by atoms with Crippen LogP contribution in [-0.2, 0) is 14.0 Å². The van der Waals surface area contributed by atoms with E-state index in [1.165, 1.54) is 0 Å². The largest absolute Gasteiger partial charge is 0.295 e. The van der Waals surface area contributed by atoms with E-state index in [-0.39, 0.29) is 12.4 Å². The van der Waals surface area contributed by atoms with Gasteiger partial charge in [0.1, 0.15) is 6.17 Å². The molecule has 0 N–H and O–H groups in total. The number of hydrogen-bond acceptors (Lipinski definition) is 2. The van der Waals surface area contributed by atoms with Crippen LogP contribution in [0.2, 0.25) is 0 Å². The number of alkyl halides is 1. The summed E-state index contributed by atoms with van der Waals surface area (Å²) in [5.74, 6) is 3.15. The SMILES string of the molecule is C=S1(=O)CC(F)CO1. The molecule has 1 aliphatic rings. The molecule has 1 saturated heterocycles. The monoisotopic (exact) mass is 138 g/mol. The molecule has 1 rings (SSSR count). The molecule has 0 aliphatic carbocycles. The Morgan fingerprint density at radius 3 is 2.62 bits per heavy atom. The van der Waals surface area contributed by atoms with Crippen LogP contribution in [0, 0.1) is 0 Å². The number of hydrogen-bond donors (Lipinski definition) is 0. The van der Waals surface area contributed by atoms with Crippen LogP contribution in [0.3, 0.4) is 0 Å². The first-order valence-corrected chi connectivity index (χ1v) is 4.06. The second-order valence-corrected chi connectivity index (χ2v) is 3.85. The van der Waals surface area contributed by atoms with Gasteiger partial charge < -0.3 is 0 Å². The summed E-state index contributed by atoms with van der Waals surface area (Å²) in [5, 5.41) is 0. The van der Waals surface area contributed by atoms with Crippen molar-refractivity contribution in [3.05, 3.63) is 0 Å². The summed E-state index contributed by atoms with van der Waals surface area (Å²) < 4.78 is 27.2. The predicted octanol–water partition coefficient (Wildman–Crippen LogP) is -0.0139. The molecule has 1 fully saturated rings. The third-order valence-electron chi connectivity index (χ3n) is 0.898. The molecule has 0 saturated carbocycles. The minimum Gasteiger partial charge on any atom is -0.295 e. The van der Waals surface area contributed by atoms with Gasteiger partial charge in [-0.25, -0.2) is 8.60 Å². The van der Waals surface area contributed by atoms with Gasteiger partial charge >= 0.3 is 0 Å². The average molecular weight is 138 g/mol. The Hall–Kier alpha value is -0.0900. The first-order valence-electron chi connectivity index (χ1n) is 2.23. The van der Waals surface area contributed by atoms with Gasteiger partial charge in [-0.3, -0.25) is 4.18 Å². The molecule has 2 unspecified atom stereocenters. The maximum absolute atomic E-state index is 12.1. The Balaban J connectivity index is 2.71. The van der Waals surface area contributed by atoms with Crippen molar-refractivity contribution in [2.75, 3.05) is 12.4 Å². The summed E-state index contributed by atoms with van der Waals surface area (Å²) in [6.45, 7) is -0.0532. The lowest BCUT2D eigenvalue weighted by molar-refractivity contribution is 0.264. The summed E-state index contributed by atoms with van der Waals surface area (Å²) in [6.07, 6.45) is -1.07. The van der Waals surface area contributed by atoms with Crippen molar-refractivity contribution < 1.29 is 12.8 Å². The zero-order chi connectivity index (χ0) is 6.20. The molecule has 48 valence electrons. The molecule has 0 aromatic rings. The van der Waals surface area contributed by atoms with E-state index in [1.807, 2.05) is 0 Å². The van der Waals surface area contributed by atoms with Crippen LogP contribution in [0.15, 0.2) is 0 Å². The first kappa shape index (κ1) is 6.04. The van der Waals surface area contributed by atoms with E-state index in [1.54, 1.807) is 0 Å². The average Bonchev–Trinajstić information content (AvgIpc) is 1.82. The smallest absolute Gasteiger partial charge is 0.138 e. The van der Waals surface area contributed by atoms with Gasteiger partial charge in [-0.2, -0.15) is 0 Å². The highest BCUT2D eigenvalue weighted by Gasteiger charge is 2.23. The van der Waals surface area contributed by atoms with E-state index in [4.69, 9.17) is 0 Å². The van der Waals surface area contributed by atoms with Crippen LogP contribution >= 0.6 is 0 Å². The first-order chi connectivity index (χ1) is 3.60. The fraction of sp³-hybridized carbons (Fsp3) is 0.750. The molecule has 4 heteroatoms. The summed E-state index contributed by atoms with van der Waals surface area (Å²) in [7, 11) is -2.47. The maximum atomic E-state index is 12.1. The van der Waals surface area contributed by atoms with Crippen molar-refractivity contribution in [1.29, 1.82) is 0 Å². The van der Waals surface area contributed by atoms with Crippen molar-refractivity contribution >= 4 is 15.7 Å². The predicted molar refractivity (Wildman–Crippen MR) is 31.0 cm³/mol. The van der Waals surface area contributed by atoms with Gasteiger partial charge in [-0.15, -0.1) is 0 Å². The van der Waals surface area contributed by atoms with Crippen molar-refractivity contribution in [1.82, 2.24) is 0 Å². The zero-order valence-corrected chi connectivity index (χ0v) is 5.12. The van der Waals surface area contributed by atoms with Crippen LogP contribution in [-0.4, -0.2) is 28.6 Å². The van der Waals surface area contributed by atoms with E-state index < -0.39 is 16.0 Å². The number of rotatable bonds is 0. The van der Waals surface area contributed by atoms with Crippen molar-refractivity contribution in [2.45, 2.75) is 6.17 Å². The van der Waals surface area contributed by atoms with Gasteiger partial charge in [0.2, 0.25) is 0 Å². The minimum atomic E-state index is -2.47. The van der Waals surface area contributed by atoms with Gasteiger partial charge in [0.05, 0.1) is 22.2 Å². The second-order valence-electron chi connectivity index (χ2n) is 1.79. The normalized spacial score (nSPS) is 47.4. The van der Waals surface area contributed by atoms with Crippen LogP contribution in [0.25, 0.3) is 0 Å². The third kappa shape index (κ3) is 1.20. The Morgan fingerprint density at radius 1 is 1.88 bits per heavy atom. The van der Waals surface area contributed by atoms with Gasteiger partial charge in [0, 0.05) is 0 Å². The molecule has 0 bridgehead atoms. The lowest BCUT2D eigenvalue weighted by Crippen LogP contribution is -2.04. The fourth-order valence-corrected chi connectivity index (χ4v) is 1.71. The zero-order valence-electron chi connectivity index (χ0n) is 4.30. The topological polar surface area (TPSA) is 26.3 Å². The van der Waals surface area contributed by atoms with Gasteiger partial charge in [-0.1, -0.05) is 0 Å². The van der Waals surface area contributed by atoms with Crippen molar-refractivity contribution in [3.63, 3.8) is 0 Å². The lowest BCUT2D eigenvalue weighted by atomic mass is 10.5. The molecule has 2 nitrogen and oxygen atoms in total. The lowest BCUT2D eigenvalue weighted by Gasteiger charge is -1.90. The van der Waals surface area contributed by atoms with E-state index in [2.05, 4.69) is 10.1 Å². The fourth-order valence-electron chi connectivity index (χ4n) is 0.570. The Bertz CT molecular complexity index is 172. The van der Waals surface area contributed by atoms with E-state index in [9.17, 15) is 8.60 Å². The van der Waals surface area contributed by atoms with Crippen LogP contribution in [0.1, 0.15) is 0 Å². The highest BCUT2D eigenvalue weighted by molar-refractivity contribution is 7.96. The van der Waals surface area contributed by atoms with Crippen molar-refractivity contribution in [3.8, 4) is 0 Å². The van der Waals surface area contributed by atoms with Gasteiger partial charge in [0.25, 0.3) is 0 Å². The Labute approximate surface area is 47.9 Å². The molecule has 0 spiro atoms. The number of halogens is 1. The molecule has 0 aromatic carbocycles. The molecule has 8 heavy (non-hydrogen) atoms. The summed E-state index contributed by atoms with van der Waals surface area (Å²) >= 11 is 0. The molecule has 2 atom stereocenters. The van der Waals surface area contributed by atoms with Crippen LogP contribution in [0.4, 0.5) is 4.39 Å². The van der Waals surface area contributed by atoms with Crippen molar-refractivity contribution in [2.24, 2.45) is 0 Å². The highest BCUT2D eigenvalue weighted by Crippen LogP contribution is 2.10. The Kier molecular flexibility index (Phi) is 1.28. The molecular formula is C4H7FO2S. The third-order valence-corrected chi connectivity index (χ3v) is 2.33. The highest BCUT2D eigenvalue weighted by atomic mass is 32.2. The quantitative estimate of drug-likeness (QED) is 0.440. The van der Waals surface area contributed by atoms with Crippen LogP contribution in [0.5, 0.6) is 0 Å². The second kappa shape index (κ2) is 1.70. The summed E-state index contributed by atoms with van der Waals surface area (Å²) in [6, 6.07) is 0. The van der Waals surface area contributed by atoms with E-state index in [0.29, 0.717) is 0 Å². The van der Waals surface area contributed by atoms with Gasteiger partial charge in [-0.05, 0) is 5.87 Å². The maximum Gasteiger partial charge on any atom is 0.138 e. The van der Waals surface area contributed by atoms with Crippen LogP contribution < -0.4 is 0 Å². The molecular weight excluding hydrogens is 131 g/mol. The van der Waals surface area contributed by atoms with E-state index in [0.717, 1.165) is 0 Å². The van der Waals surface area contributed by atoms with Gasteiger partial charge in [0.15, 0.2) is 0 Å². The summed E-state index contributed by atoms with van der Waals surface area (Å²) in [4.78, 5) is 0. The standard InChI is InChI=1S/C4H7FO2S/c1-8(6)3-4(5)2-7-8/h4H,1-3H2. The summed E-state index contributed by atoms with van der Waals surface area (Å²) in [5.41, 5.74) is 0. The molecule has 0 aromatic heterocycles. The Morgan fingerprint density at radius 2 is 2.50 bits per heavy atom. The molecule has 0 amide bonds. The molecule has 0 radical (unpaired) electrons.